The highest BCUT2D eigenvalue weighted by Crippen LogP contribution is 2.34. The summed E-state index contributed by atoms with van der Waals surface area (Å²) in [6.45, 7) is 3.00. The first-order chi connectivity index (χ1) is 10.2. The Hall–Kier alpha value is -1.14. The number of thioether (sulfide) groups is 1. The lowest BCUT2D eigenvalue weighted by Crippen LogP contribution is -2.08. The van der Waals surface area contributed by atoms with Crippen molar-refractivity contribution in [3.63, 3.8) is 0 Å². The zero-order chi connectivity index (χ0) is 14.8. The Labute approximate surface area is 135 Å². The van der Waals surface area contributed by atoms with Crippen LogP contribution < -0.4 is 5.32 Å². The van der Waals surface area contributed by atoms with Crippen molar-refractivity contribution in [3.05, 3.63) is 39.7 Å². The summed E-state index contributed by atoms with van der Waals surface area (Å²) in [7, 11) is 0. The Morgan fingerprint density at radius 3 is 2.95 bits per heavy atom. The van der Waals surface area contributed by atoms with Crippen molar-refractivity contribution < 1.29 is 4.39 Å². The normalized spacial score (nSPS) is 13.3. The lowest BCUT2D eigenvalue weighted by atomic mass is 10.2. The van der Waals surface area contributed by atoms with Crippen molar-refractivity contribution in [2.45, 2.75) is 24.9 Å². The van der Waals surface area contributed by atoms with Crippen LogP contribution in [0, 0.1) is 5.82 Å². The smallest absolute Gasteiger partial charge is 0.161 e. The highest BCUT2D eigenvalue weighted by Gasteiger charge is 2.20. The molecule has 3 rings (SSSR count). The SMILES string of the molecule is CCCNc1nc(-c2ccc(Br)c(F)c2)nc2c1CSC2. The monoisotopic (exact) mass is 367 g/mol. The van der Waals surface area contributed by atoms with Gasteiger partial charge in [0.15, 0.2) is 5.82 Å². The van der Waals surface area contributed by atoms with E-state index in [1.165, 1.54) is 11.6 Å². The fourth-order valence-corrected chi connectivity index (χ4v) is 3.49. The minimum absolute atomic E-state index is 0.297. The van der Waals surface area contributed by atoms with Gasteiger partial charge in [-0.3, -0.25) is 0 Å². The van der Waals surface area contributed by atoms with Crippen molar-refractivity contribution >= 4 is 33.5 Å². The van der Waals surface area contributed by atoms with Crippen LogP contribution in [0.4, 0.5) is 10.2 Å². The van der Waals surface area contributed by atoms with Crippen LogP contribution in [0.25, 0.3) is 11.4 Å². The number of hydrogen-bond acceptors (Lipinski definition) is 4. The van der Waals surface area contributed by atoms with E-state index in [1.807, 2.05) is 17.8 Å². The summed E-state index contributed by atoms with van der Waals surface area (Å²) < 4.78 is 14.2. The minimum atomic E-state index is -0.297. The molecule has 0 saturated heterocycles. The molecule has 2 aromatic rings. The summed E-state index contributed by atoms with van der Waals surface area (Å²) in [6, 6.07) is 4.99. The number of benzene rings is 1. The third-order valence-electron chi connectivity index (χ3n) is 3.30. The predicted octanol–water partition coefficient (Wildman–Crippen LogP) is 4.61. The lowest BCUT2D eigenvalue weighted by molar-refractivity contribution is 0.621. The summed E-state index contributed by atoms with van der Waals surface area (Å²) in [5.41, 5.74) is 2.96. The molecule has 6 heteroatoms. The molecule has 21 heavy (non-hydrogen) atoms. The van der Waals surface area contributed by atoms with Crippen LogP contribution in [0.5, 0.6) is 0 Å². The van der Waals surface area contributed by atoms with Crippen molar-refractivity contribution in [1.82, 2.24) is 9.97 Å². The Morgan fingerprint density at radius 1 is 1.33 bits per heavy atom. The van der Waals surface area contributed by atoms with Crippen LogP contribution in [0.2, 0.25) is 0 Å². The molecule has 0 saturated carbocycles. The molecule has 110 valence electrons. The maximum absolute atomic E-state index is 13.7. The molecular formula is C15H15BrFN3S. The van der Waals surface area contributed by atoms with Crippen LogP contribution in [-0.2, 0) is 11.5 Å². The van der Waals surface area contributed by atoms with E-state index in [0.717, 1.165) is 36.0 Å². The molecule has 0 fully saturated rings. The molecule has 0 radical (unpaired) electrons. The highest BCUT2D eigenvalue weighted by atomic mass is 79.9. The Morgan fingerprint density at radius 2 is 2.19 bits per heavy atom. The molecule has 1 N–H and O–H groups in total. The Balaban J connectivity index is 2.04. The fraction of sp³-hybridized carbons (Fsp3) is 0.333. The van der Waals surface area contributed by atoms with E-state index in [9.17, 15) is 4.39 Å². The zero-order valence-electron chi connectivity index (χ0n) is 11.6. The van der Waals surface area contributed by atoms with E-state index in [1.54, 1.807) is 6.07 Å². The van der Waals surface area contributed by atoms with Gasteiger partial charge in [0.1, 0.15) is 11.6 Å². The van der Waals surface area contributed by atoms with E-state index in [0.29, 0.717) is 15.9 Å². The molecule has 3 nitrogen and oxygen atoms in total. The van der Waals surface area contributed by atoms with E-state index < -0.39 is 0 Å². The number of fused-ring (bicyclic) bond motifs is 1. The third-order valence-corrected chi connectivity index (χ3v) is 4.91. The second kappa shape index (κ2) is 6.32. The molecule has 0 spiro atoms. The van der Waals surface area contributed by atoms with Crippen LogP contribution in [0.1, 0.15) is 24.6 Å². The van der Waals surface area contributed by atoms with Crippen LogP contribution in [0.3, 0.4) is 0 Å². The molecule has 1 aromatic heterocycles. The van der Waals surface area contributed by atoms with Crippen molar-refractivity contribution in [2.75, 3.05) is 11.9 Å². The molecule has 1 aliphatic heterocycles. The number of rotatable bonds is 4. The number of nitrogens with zero attached hydrogens (tertiary/aromatic N) is 2. The van der Waals surface area contributed by atoms with Gasteiger partial charge in [0.2, 0.25) is 0 Å². The molecular weight excluding hydrogens is 353 g/mol. The first-order valence-electron chi connectivity index (χ1n) is 6.86. The first-order valence-corrected chi connectivity index (χ1v) is 8.80. The van der Waals surface area contributed by atoms with Gasteiger partial charge < -0.3 is 5.32 Å². The number of anilines is 1. The summed E-state index contributed by atoms with van der Waals surface area (Å²) in [4.78, 5) is 9.21. The van der Waals surface area contributed by atoms with Crippen LogP contribution >= 0.6 is 27.7 Å². The van der Waals surface area contributed by atoms with E-state index >= 15 is 0 Å². The van der Waals surface area contributed by atoms with Gasteiger partial charge in [-0.1, -0.05) is 6.92 Å². The third kappa shape index (κ3) is 3.06. The van der Waals surface area contributed by atoms with Gasteiger partial charge >= 0.3 is 0 Å². The van der Waals surface area contributed by atoms with E-state index in [4.69, 9.17) is 0 Å². The predicted molar refractivity (Wildman–Crippen MR) is 88.9 cm³/mol. The number of halogens is 2. The standard InChI is InChI=1S/C15H15BrFN3S/c1-2-5-18-15-10-7-21-8-13(10)19-14(20-15)9-3-4-11(16)12(17)6-9/h3-4,6H,2,5,7-8H2,1H3,(H,18,19,20). The molecule has 0 bridgehead atoms. The molecule has 0 aliphatic carbocycles. The Kier molecular flexibility index (Phi) is 4.45. The lowest BCUT2D eigenvalue weighted by Gasteiger charge is -2.11. The maximum atomic E-state index is 13.7. The molecule has 2 heterocycles. The number of nitrogens with one attached hydrogen (secondary N) is 1. The van der Waals surface area contributed by atoms with Crippen LogP contribution in [-0.4, -0.2) is 16.5 Å². The zero-order valence-corrected chi connectivity index (χ0v) is 14.0. The molecule has 0 amide bonds. The second-order valence-electron chi connectivity index (χ2n) is 4.87. The summed E-state index contributed by atoms with van der Waals surface area (Å²) in [5, 5.41) is 3.36. The average Bonchev–Trinajstić information content (AvgIpc) is 2.96. The summed E-state index contributed by atoms with van der Waals surface area (Å²) in [5.74, 6) is 3.02. The summed E-state index contributed by atoms with van der Waals surface area (Å²) >= 11 is 5.00. The number of aromatic nitrogens is 2. The second-order valence-corrected chi connectivity index (χ2v) is 6.71. The maximum Gasteiger partial charge on any atom is 0.161 e. The average molecular weight is 368 g/mol. The van der Waals surface area contributed by atoms with E-state index in [2.05, 4.69) is 38.1 Å². The van der Waals surface area contributed by atoms with E-state index in [-0.39, 0.29) is 5.82 Å². The first kappa shape index (κ1) is 14.8. The number of hydrogen-bond donors (Lipinski definition) is 1. The van der Waals surface area contributed by atoms with Gasteiger partial charge in [0.25, 0.3) is 0 Å². The Bertz CT molecular complexity index is 678. The molecule has 1 aliphatic rings. The molecule has 1 aromatic carbocycles. The van der Waals surface area contributed by atoms with Crippen molar-refractivity contribution in [3.8, 4) is 11.4 Å². The van der Waals surface area contributed by atoms with Gasteiger partial charge in [-0.25, -0.2) is 14.4 Å². The van der Waals surface area contributed by atoms with Crippen molar-refractivity contribution in [1.29, 1.82) is 0 Å². The fourth-order valence-electron chi connectivity index (χ4n) is 2.21. The largest absolute Gasteiger partial charge is 0.370 e. The molecule has 0 atom stereocenters. The minimum Gasteiger partial charge on any atom is -0.370 e. The highest BCUT2D eigenvalue weighted by molar-refractivity contribution is 9.10. The van der Waals surface area contributed by atoms with Gasteiger partial charge in [-0.2, -0.15) is 11.8 Å². The van der Waals surface area contributed by atoms with Gasteiger partial charge in [0.05, 0.1) is 10.2 Å². The quantitative estimate of drug-likeness (QED) is 0.855. The van der Waals surface area contributed by atoms with Gasteiger partial charge in [0, 0.05) is 29.2 Å². The van der Waals surface area contributed by atoms with Gasteiger partial charge in [-0.05, 0) is 40.5 Å². The molecule has 0 unspecified atom stereocenters. The van der Waals surface area contributed by atoms with Gasteiger partial charge in [-0.15, -0.1) is 0 Å². The van der Waals surface area contributed by atoms with Crippen LogP contribution in [0.15, 0.2) is 22.7 Å². The topological polar surface area (TPSA) is 37.8 Å². The summed E-state index contributed by atoms with van der Waals surface area (Å²) in [6.07, 6.45) is 1.04. The van der Waals surface area contributed by atoms with Crippen molar-refractivity contribution in [2.24, 2.45) is 0 Å².